The first-order chi connectivity index (χ1) is 17.3. The Balaban J connectivity index is 0.00000267. The first kappa shape index (κ1) is 34.0. The number of allylic oxidation sites excluding steroid dienone is 2. The van der Waals surface area contributed by atoms with Gasteiger partial charge in [0.15, 0.2) is 0 Å². The van der Waals surface area contributed by atoms with E-state index in [1.165, 1.54) is 12.1 Å². The first-order valence-corrected chi connectivity index (χ1v) is 12.8. The molecule has 1 amide bonds. The molecule has 0 fully saturated rings. The molecule has 192 valence electrons. The van der Waals surface area contributed by atoms with E-state index in [1.54, 1.807) is 0 Å². The van der Waals surface area contributed by atoms with Crippen LogP contribution in [0.2, 0.25) is 0 Å². The van der Waals surface area contributed by atoms with Gasteiger partial charge in [-0.25, -0.2) is 0 Å². The summed E-state index contributed by atoms with van der Waals surface area (Å²) in [6, 6.07) is 8.78. The second-order valence-electron chi connectivity index (χ2n) is 7.39. The van der Waals surface area contributed by atoms with E-state index < -0.39 is 58.8 Å². The number of benzene rings is 2. The molecule has 1 aliphatic heterocycles. The summed E-state index contributed by atoms with van der Waals surface area (Å²) < 4.78 is 63.5. The Labute approximate surface area is 306 Å². The molecule has 0 unspecified atom stereocenters. The zero-order chi connectivity index (χ0) is 27.1. The second-order valence-corrected chi connectivity index (χ2v) is 10.2. The molecule has 0 saturated heterocycles. The van der Waals surface area contributed by atoms with Crippen LogP contribution in [0.4, 0.5) is 5.69 Å². The van der Waals surface area contributed by atoms with Crippen molar-refractivity contribution in [1.29, 1.82) is 0 Å². The maximum Gasteiger partial charge on any atom is 1.00 e. The van der Waals surface area contributed by atoms with Crippen molar-refractivity contribution in [2.45, 2.75) is 9.79 Å². The Morgan fingerprint density at radius 3 is 1.79 bits per heavy atom. The Kier molecular flexibility index (Phi) is 11.5. The van der Waals surface area contributed by atoms with Crippen LogP contribution in [0.3, 0.4) is 0 Å². The van der Waals surface area contributed by atoms with Crippen molar-refractivity contribution in [1.82, 2.24) is 9.78 Å². The van der Waals surface area contributed by atoms with Gasteiger partial charge in [0.2, 0.25) is 0 Å². The number of hydrazone groups is 1. The summed E-state index contributed by atoms with van der Waals surface area (Å²) in [5.41, 5.74) is -1.42. The SMILES string of the molecule is O=C1/C(=C/C=C/c2c([O-])n(-c3ccc(S(=O)(=O)O)cc3)[nH]c2=O)C([O-])=NN1c1ccc(S(=O)(=O)O)cc1.[K+].[K+]. The van der Waals surface area contributed by atoms with Crippen LogP contribution in [0.15, 0.2) is 85.9 Å². The largest absolute Gasteiger partial charge is 1.00 e. The average Bonchev–Trinajstić information content (AvgIpc) is 3.28. The van der Waals surface area contributed by atoms with Gasteiger partial charge in [0.05, 0.1) is 32.3 Å². The van der Waals surface area contributed by atoms with Crippen molar-refractivity contribution in [2.75, 3.05) is 5.01 Å². The number of aromatic nitrogens is 2. The number of amides is 1. The molecule has 4 rings (SSSR count). The number of hydrogen-bond acceptors (Lipinski definition) is 9. The minimum Gasteiger partial charge on any atom is -0.858 e. The molecule has 0 spiro atoms. The van der Waals surface area contributed by atoms with Crippen molar-refractivity contribution in [3.05, 3.63) is 82.2 Å². The van der Waals surface area contributed by atoms with Gasteiger partial charge in [-0.1, -0.05) is 6.08 Å². The van der Waals surface area contributed by atoms with Crippen molar-refractivity contribution >= 4 is 43.8 Å². The predicted octanol–water partition coefficient (Wildman–Crippen LogP) is -6.60. The Bertz CT molecular complexity index is 1770. The number of nitrogens with one attached hydrogen (secondary N) is 1. The molecule has 2 heterocycles. The number of H-pyrrole nitrogens is 1. The summed E-state index contributed by atoms with van der Waals surface area (Å²) in [5.74, 6) is -2.60. The van der Waals surface area contributed by atoms with Crippen molar-refractivity contribution in [2.24, 2.45) is 5.10 Å². The molecule has 18 heteroatoms. The average molecular weight is 625 g/mol. The van der Waals surface area contributed by atoms with E-state index in [0.29, 0.717) is 5.01 Å². The summed E-state index contributed by atoms with van der Waals surface area (Å²) in [6.07, 6.45) is 3.21. The number of rotatable bonds is 6. The number of hydrogen-bond donors (Lipinski definition) is 3. The van der Waals surface area contributed by atoms with Gasteiger partial charge in [-0.05, 0) is 60.7 Å². The first-order valence-electron chi connectivity index (χ1n) is 9.93. The van der Waals surface area contributed by atoms with Gasteiger partial charge in [0.25, 0.3) is 31.7 Å². The molecular formula is C21H14K2N4O10S2. The number of carbonyl (C=O) groups excluding carboxylic acids is 1. The molecule has 3 N–H and O–H groups in total. The van der Waals surface area contributed by atoms with Crippen LogP contribution in [0, 0.1) is 0 Å². The number of anilines is 1. The van der Waals surface area contributed by atoms with E-state index in [2.05, 4.69) is 10.2 Å². The fourth-order valence-corrected chi connectivity index (χ4v) is 4.20. The number of nitrogens with zero attached hydrogens (tertiary/aromatic N) is 3. The van der Waals surface area contributed by atoms with E-state index >= 15 is 0 Å². The van der Waals surface area contributed by atoms with Crippen LogP contribution in [-0.2, 0) is 25.0 Å². The molecule has 0 radical (unpaired) electrons. The van der Waals surface area contributed by atoms with Gasteiger partial charge in [-0.15, -0.1) is 0 Å². The van der Waals surface area contributed by atoms with Crippen LogP contribution < -0.4 is 124 Å². The van der Waals surface area contributed by atoms with E-state index in [4.69, 9.17) is 9.11 Å². The van der Waals surface area contributed by atoms with E-state index in [0.717, 1.165) is 59.3 Å². The standard InChI is InChI=1S/C21H16N4O10S2.2K/c26-18-16(20(28)24(22-18)12-4-8-14(9-5-12)36(30,31)32)2-1-3-17-19(27)23-25(21(17)29)13-6-10-15(11-7-13)37(33,34)35;;/h1-11,28H,(H,22,26)(H,23,27)(H,30,31,32)(H,33,34,35);;/q;2*+1/p-2/b2-1+,17-3+;;. The molecule has 0 atom stereocenters. The summed E-state index contributed by atoms with van der Waals surface area (Å²) in [7, 11) is -8.91. The van der Waals surface area contributed by atoms with Crippen LogP contribution in [0.25, 0.3) is 11.8 Å². The van der Waals surface area contributed by atoms with Gasteiger partial charge in [0, 0.05) is 11.8 Å². The molecule has 39 heavy (non-hydrogen) atoms. The van der Waals surface area contributed by atoms with Crippen LogP contribution in [0.5, 0.6) is 5.88 Å². The number of carbonyl (C=O) groups is 1. The van der Waals surface area contributed by atoms with Crippen molar-refractivity contribution in [3.8, 4) is 11.6 Å². The minimum absolute atomic E-state index is 0. The van der Waals surface area contributed by atoms with Crippen LogP contribution in [0.1, 0.15) is 5.56 Å². The fourth-order valence-electron chi connectivity index (χ4n) is 3.24. The van der Waals surface area contributed by atoms with Gasteiger partial charge < -0.3 is 10.2 Å². The van der Waals surface area contributed by atoms with E-state index in [9.17, 15) is 36.6 Å². The third-order valence-electron chi connectivity index (χ3n) is 5.03. The Morgan fingerprint density at radius 1 is 0.821 bits per heavy atom. The second kappa shape index (κ2) is 13.2. The van der Waals surface area contributed by atoms with Gasteiger partial charge in [-0.2, -0.15) is 26.9 Å². The zero-order valence-corrected chi connectivity index (χ0v) is 28.0. The molecule has 0 aliphatic carbocycles. The molecule has 1 aliphatic rings. The topological polar surface area (TPSA) is 225 Å². The third kappa shape index (κ3) is 7.54. The van der Waals surface area contributed by atoms with Gasteiger partial charge in [0.1, 0.15) is 0 Å². The van der Waals surface area contributed by atoms with Crippen molar-refractivity contribution < 1.29 is 144 Å². The normalized spacial score (nSPS) is 14.8. The summed E-state index contributed by atoms with van der Waals surface area (Å²) in [5, 5.41) is 31.4. The molecule has 0 bridgehead atoms. The summed E-state index contributed by atoms with van der Waals surface area (Å²) >= 11 is 0. The minimum atomic E-state index is -4.46. The summed E-state index contributed by atoms with van der Waals surface area (Å²) in [6.45, 7) is 0. The summed E-state index contributed by atoms with van der Waals surface area (Å²) in [4.78, 5) is 24.0. The number of aromatic amines is 1. The van der Waals surface area contributed by atoms with Gasteiger partial charge in [-0.3, -0.25) is 28.5 Å². The molecule has 2 aromatic carbocycles. The molecular weight excluding hydrogens is 611 g/mol. The Morgan fingerprint density at radius 2 is 1.31 bits per heavy atom. The maximum absolute atomic E-state index is 12.6. The fraction of sp³-hybridized carbons (Fsp3) is 0. The van der Waals surface area contributed by atoms with Gasteiger partial charge >= 0.3 is 103 Å². The van der Waals surface area contributed by atoms with Crippen LogP contribution in [-0.4, -0.2) is 47.5 Å². The maximum atomic E-state index is 12.6. The molecule has 0 saturated carbocycles. The molecule has 14 nitrogen and oxygen atoms in total. The monoisotopic (exact) mass is 624 g/mol. The van der Waals surface area contributed by atoms with Crippen molar-refractivity contribution in [3.63, 3.8) is 0 Å². The van der Waals surface area contributed by atoms with E-state index in [1.807, 2.05) is 0 Å². The third-order valence-corrected chi connectivity index (χ3v) is 6.77. The smallest absolute Gasteiger partial charge is 0.858 e. The van der Waals surface area contributed by atoms with E-state index in [-0.39, 0.29) is 120 Å². The quantitative estimate of drug-likeness (QED) is 0.133. The Hall–Kier alpha value is -1.24. The molecule has 1 aromatic heterocycles. The predicted molar refractivity (Wildman–Crippen MR) is 124 cm³/mol. The zero-order valence-electron chi connectivity index (χ0n) is 20.2. The molecule has 3 aromatic rings. The van der Waals surface area contributed by atoms with Crippen LogP contribution >= 0.6 is 0 Å².